The third kappa shape index (κ3) is 5.83. The zero-order valence-electron chi connectivity index (χ0n) is 7.41. The van der Waals surface area contributed by atoms with Gasteiger partial charge in [0.2, 0.25) is 0 Å². The maximum absolute atomic E-state index is 3.88. The van der Waals surface area contributed by atoms with Crippen LogP contribution >= 0.6 is 0 Å². The monoisotopic (exact) mass is 141 g/mol. The first-order chi connectivity index (χ1) is 4.66. The van der Waals surface area contributed by atoms with Crippen LogP contribution in [0.5, 0.6) is 0 Å². The third-order valence-electron chi connectivity index (χ3n) is 1.44. The lowest BCUT2D eigenvalue weighted by molar-refractivity contribution is 0.520. The van der Waals surface area contributed by atoms with E-state index >= 15 is 0 Å². The molecule has 0 aromatic heterocycles. The van der Waals surface area contributed by atoms with Gasteiger partial charge >= 0.3 is 0 Å². The normalized spacial score (nSPS) is 13.1. The van der Waals surface area contributed by atoms with Crippen molar-refractivity contribution in [2.75, 3.05) is 13.1 Å². The molecule has 0 saturated carbocycles. The van der Waals surface area contributed by atoms with Crippen molar-refractivity contribution in [1.29, 1.82) is 0 Å². The smallest absolute Gasteiger partial charge is 0.00202 e. The second-order valence-electron chi connectivity index (χ2n) is 3.07. The molecule has 0 aromatic rings. The maximum Gasteiger partial charge on any atom is -0.00202 e. The van der Waals surface area contributed by atoms with E-state index in [-0.39, 0.29) is 0 Å². The van der Waals surface area contributed by atoms with Crippen molar-refractivity contribution in [1.82, 2.24) is 5.32 Å². The molecule has 0 aliphatic rings. The molecule has 0 bridgehead atoms. The van der Waals surface area contributed by atoms with E-state index in [0.717, 1.165) is 25.4 Å². The van der Waals surface area contributed by atoms with E-state index in [9.17, 15) is 0 Å². The van der Waals surface area contributed by atoms with Crippen LogP contribution in [0.1, 0.15) is 27.2 Å². The van der Waals surface area contributed by atoms with Crippen molar-refractivity contribution < 1.29 is 0 Å². The summed E-state index contributed by atoms with van der Waals surface area (Å²) in [5.74, 6) is 0.734. The van der Waals surface area contributed by atoms with Crippen LogP contribution in [0.15, 0.2) is 12.2 Å². The van der Waals surface area contributed by atoms with Crippen molar-refractivity contribution in [3.63, 3.8) is 0 Å². The Morgan fingerprint density at radius 2 is 2.20 bits per heavy atom. The minimum absolute atomic E-state index is 0.734. The predicted octanol–water partition coefficient (Wildman–Crippen LogP) is 2.20. The molecule has 0 rings (SSSR count). The van der Waals surface area contributed by atoms with Gasteiger partial charge in [0.1, 0.15) is 0 Å². The molecule has 1 unspecified atom stereocenters. The van der Waals surface area contributed by atoms with E-state index in [2.05, 4.69) is 32.7 Å². The molecule has 0 aliphatic heterocycles. The summed E-state index contributed by atoms with van der Waals surface area (Å²) >= 11 is 0. The maximum atomic E-state index is 3.88. The molecule has 0 fully saturated rings. The molecule has 0 spiro atoms. The zero-order chi connectivity index (χ0) is 7.98. The molecule has 1 N–H and O–H groups in total. The molecule has 1 atom stereocenters. The topological polar surface area (TPSA) is 12.0 Å². The number of nitrogens with one attached hydrogen (secondary N) is 1. The molecule has 0 aromatic carbocycles. The molecule has 0 saturated heterocycles. The van der Waals surface area contributed by atoms with Crippen molar-refractivity contribution >= 4 is 0 Å². The molecule has 1 heteroatoms. The first-order valence-electron chi connectivity index (χ1n) is 4.02. The SMILES string of the molecule is C=C(C)CC(C)CNCC. The van der Waals surface area contributed by atoms with Crippen LogP contribution in [0.25, 0.3) is 0 Å². The van der Waals surface area contributed by atoms with Gasteiger partial charge in [0, 0.05) is 0 Å². The van der Waals surface area contributed by atoms with Crippen molar-refractivity contribution in [2.45, 2.75) is 27.2 Å². The summed E-state index contributed by atoms with van der Waals surface area (Å²) in [4.78, 5) is 0. The van der Waals surface area contributed by atoms with Gasteiger partial charge in [-0.05, 0) is 32.4 Å². The Hall–Kier alpha value is -0.300. The molecular weight excluding hydrogens is 122 g/mol. The van der Waals surface area contributed by atoms with E-state index in [1.54, 1.807) is 0 Å². The molecule has 0 heterocycles. The van der Waals surface area contributed by atoms with Gasteiger partial charge in [-0.2, -0.15) is 0 Å². The fourth-order valence-electron chi connectivity index (χ4n) is 1.06. The molecule has 0 amide bonds. The summed E-state index contributed by atoms with van der Waals surface area (Å²) in [6.07, 6.45) is 1.15. The Morgan fingerprint density at radius 1 is 1.60 bits per heavy atom. The summed E-state index contributed by atoms with van der Waals surface area (Å²) < 4.78 is 0. The highest BCUT2D eigenvalue weighted by Gasteiger charge is 1.99. The molecule has 1 nitrogen and oxygen atoms in total. The summed E-state index contributed by atoms with van der Waals surface area (Å²) in [5, 5.41) is 3.31. The second-order valence-corrected chi connectivity index (χ2v) is 3.07. The lowest BCUT2D eigenvalue weighted by Gasteiger charge is -2.10. The van der Waals surface area contributed by atoms with Crippen LogP contribution in [0, 0.1) is 5.92 Å². The lowest BCUT2D eigenvalue weighted by Crippen LogP contribution is -2.20. The average Bonchev–Trinajstić information content (AvgIpc) is 1.82. The fraction of sp³-hybridized carbons (Fsp3) is 0.778. The quantitative estimate of drug-likeness (QED) is 0.579. The van der Waals surface area contributed by atoms with Gasteiger partial charge in [0.25, 0.3) is 0 Å². The third-order valence-corrected chi connectivity index (χ3v) is 1.44. The number of allylic oxidation sites excluding steroid dienone is 1. The number of hydrogen-bond acceptors (Lipinski definition) is 1. The van der Waals surface area contributed by atoms with Gasteiger partial charge in [-0.25, -0.2) is 0 Å². The van der Waals surface area contributed by atoms with Gasteiger partial charge in [-0.1, -0.05) is 19.4 Å². The minimum Gasteiger partial charge on any atom is -0.317 e. The van der Waals surface area contributed by atoms with Crippen LogP contribution < -0.4 is 5.32 Å². The summed E-state index contributed by atoms with van der Waals surface area (Å²) in [6.45, 7) is 12.5. The van der Waals surface area contributed by atoms with E-state index in [4.69, 9.17) is 0 Å². The molecule has 0 radical (unpaired) electrons. The van der Waals surface area contributed by atoms with Gasteiger partial charge in [-0.15, -0.1) is 6.58 Å². The molecule has 60 valence electrons. The Labute approximate surface area is 64.5 Å². The first-order valence-corrected chi connectivity index (χ1v) is 4.02. The Bertz CT molecular complexity index is 96.9. The number of rotatable bonds is 5. The zero-order valence-corrected chi connectivity index (χ0v) is 7.41. The van der Waals surface area contributed by atoms with Gasteiger partial charge < -0.3 is 5.32 Å². The molecular formula is C9H19N. The van der Waals surface area contributed by atoms with Gasteiger partial charge in [-0.3, -0.25) is 0 Å². The van der Waals surface area contributed by atoms with Crippen LogP contribution in [0.4, 0.5) is 0 Å². The fourth-order valence-corrected chi connectivity index (χ4v) is 1.06. The minimum atomic E-state index is 0.734. The lowest BCUT2D eigenvalue weighted by atomic mass is 10.0. The van der Waals surface area contributed by atoms with E-state index in [1.807, 2.05) is 0 Å². The van der Waals surface area contributed by atoms with Crippen molar-refractivity contribution in [2.24, 2.45) is 5.92 Å². The first kappa shape index (κ1) is 9.70. The van der Waals surface area contributed by atoms with Crippen LogP contribution in [0.2, 0.25) is 0 Å². The standard InChI is InChI=1S/C9H19N/c1-5-10-7-9(4)6-8(2)3/h9-10H,2,5-7H2,1,3-4H3. The highest BCUT2D eigenvalue weighted by molar-refractivity contribution is 4.89. The average molecular weight is 141 g/mol. The molecule has 0 aliphatic carbocycles. The van der Waals surface area contributed by atoms with Gasteiger partial charge in [0.05, 0.1) is 0 Å². The largest absolute Gasteiger partial charge is 0.317 e. The van der Waals surface area contributed by atoms with Crippen LogP contribution in [0.3, 0.4) is 0 Å². The Kier molecular flexibility index (Phi) is 5.32. The van der Waals surface area contributed by atoms with Crippen molar-refractivity contribution in [3.05, 3.63) is 12.2 Å². The van der Waals surface area contributed by atoms with Crippen LogP contribution in [-0.2, 0) is 0 Å². The summed E-state index contributed by atoms with van der Waals surface area (Å²) in [6, 6.07) is 0. The summed E-state index contributed by atoms with van der Waals surface area (Å²) in [7, 11) is 0. The van der Waals surface area contributed by atoms with Gasteiger partial charge in [0.15, 0.2) is 0 Å². The Balaban J connectivity index is 3.25. The number of hydrogen-bond donors (Lipinski definition) is 1. The highest BCUT2D eigenvalue weighted by atomic mass is 14.8. The Morgan fingerprint density at radius 3 is 2.60 bits per heavy atom. The van der Waals surface area contributed by atoms with E-state index in [1.165, 1.54) is 5.57 Å². The predicted molar refractivity (Wildman–Crippen MR) is 47.1 cm³/mol. The van der Waals surface area contributed by atoms with Crippen molar-refractivity contribution in [3.8, 4) is 0 Å². The summed E-state index contributed by atoms with van der Waals surface area (Å²) in [5.41, 5.74) is 1.28. The van der Waals surface area contributed by atoms with E-state index in [0.29, 0.717) is 0 Å². The molecule has 10 heavy (non-hydrogen) atoms. The van der Waals surface area contributed by atoms with E-state index < -0.39 is 0 Å². The second kappa shape index (κ2) is 5.48. The van der Waals surface area contributed by atoms with Crippen LogP contribution in [-0.4, -0.2) is 13.1 Å². The highest BCUT2D eigenvalue weighted by Crippen LogP contribution is 2.06.